The standard InChI is InChI=1S/C14H10N4O2S3/c19-11-10(23-14(21)17-11)6-9-7-22-13(16-9)18-12(20)15-8-4-2-1-3-5-8/h1-7H,(H,17,19,21)(H2,15,16,18,20). The highest BCUT2D eigenvalue weighted by atomic mass is 32.2. The molecular weight excluding hydrogens is 352 g/mol. The number of anilines is 2. The fourth-order valence-corrected chi connectivity index (χ4v) is 3.44. The van der Waals surface area contributed by atoms with Crippen molar-refractivity contribution in [1.29, 1.82) is 0 Å². The monoisotopic (exact) mass is 362 g/mol. The van der Waals surface area contributed by atoms with Crippen LogP contribution in [0.5, 0.6) is 0 Å². The molecule has 0 saturated carbocycles. The lowest BCUT2D eigenvalue weighted by Gasteiger charge is -2.04. The first-order valence-electron chi connectivity index (χ1n) is 6.43. The fraction of sp³-hybridized carbons (Fsp3) is 0. The van der Waals surface area contributed by atoms with Crippen LogP contribution in [0, 0.1) is 0 Å². The van der Waals surface area contributed by atoms with Crippen molar-refractivity contribution < 1.29 is 9.59 Å². The Morgan fingerprint density at radius 3 is 2.74 bits per heavy atom. The first-order chi connectivity index (χ1) is 11.1. The molecule has 0 unspecified atom stereocenters. The maximum absolute atomic E-state index is 11.9. The van der Waals surface area contributed by atoms with Crippen molar-refractivity contribution in [2.75, 3.05) is 10.6 Å². The second-order valence-corrected chi connectivity index (χ2v) is 6.95. The SMILES string of the molecule is O=C(Nc1ccccc1)Nc1nc(C=C2SC(=S)NC2=O)cs1. The Morgan fingerprint density at radius 1 is 1.26 bits per heavy atom. The molecule has 6 nitrogen and oxygen atoms in total. The summed E-state index contributed by atoms with van der Waals surface area (Å²) >= 11 is 7.38. The summed E-state index contributed by atoms with van der Waals surface area (Å²) in [6, 6.07) is 8.73. The van der Waals surface area contributed by atoms with Crippen molar-refractivity contribution in [1.82, 2.24) is 10.3 Å². The van der Waals surface area contributed by atoms with E-state index in [1.165, 1.54) is 23.1 Å². The summed E-state index contributed by atoms with van der Waals surface area (Å²) in [5.41, 5.74) is 1.28. The molecule has 0 radical (unpaired) electrons. The number of urea groups is 1. The van der Waals surface area contributed by atoms with Gasteiger partial charge in [-0.05, 0) is 18.2 Å². The molecule has 116 valence electrons. The minimum atomic E-state index is -0.376. The smallest absolute Gasteiger partial charge is 0.308 e. The van der Waals surface area contributed by atoms with E-state index in [0.717, 1.165) is 0 Å². The van der Waals surface area contributed by atoms with Gasteiger partial charge in [0.05, 0.1) is 10.6 Å². The molecule has 0 atom stereocenters. The van der Waals surface area contributed by atoms with Gasteiger partial charge in [-0.3, -0.25) is 10.1 Å². The summed E-state index contributed by atoms with van der Waals surface area (Å²) in [6.45, 7) is 0. The second-order valence-electron chi connectivity index (χ2n) is 4.37. The summed E-state index contributed by atoms with van der Waals surface area (Å²) in [7, 11) is 0. The molecule has 1 aromatic carbocycles. The maximum atomic E-state index is 11.9. The molecule has 2 aromatic rings. The molecular formula is C14H10N4O2S3. The lowest BCUT2D eigenvalue weighted by molar-refractivity contribution is -0.115. The van der Waals surface area contributed by atoms with Crippen LogP contribution in [0.1, 0.15) is 5.69 Å². The van der Waals surface area contributed by atoms with Gasteiger partial charge in [0.25, 0.3) is 5.91 Å². The van der Waals surface area contributed by atoms with Crippen molar-refractivity contribution >= 4 is 68.5 Å². The van der Waals surface area contributed by atoms with Gasteiger partial charge in [-0.25, -0.2) is 9.78 Å². The van der Waals surface area contributed by atoms with Gasteiger partial charge in [0.15, 0.2) is 5.13 Å². The van der Waals surface area contributed by atoms with Crippen LogP contribution in [0.3, 0.4) is 0 Å². The molecule has 1 fully saturated rings. The van der Waals surface area contributed by atoms with E-state index in [4.69, 9.17) is 12.2 Å². The van der Waals surface area contributed by atoms with E-state index in [0.29, 0.717) is 25.7 Å². The van der Waals surface area contributed by atoms with Crippen molar-refractivity contribution in [3.05, 3.63) is 46.3 Å². The highest BCUT2D eigenvalue weighted by molar-refractivity contribution is 8.26. The summed E-state index contributed by atoms with van der Waals surface area (Å²) in [6.07, 6.45) is 1.64. The number of hydrogen-bond acceptors (Lipinski definition) is 6. The zero-order valence-corrected chi connectivity index (χ0v) is 14.0. The minimum Gasteiger partial charge on any atom is -0.308 e. The second kappa shape index (κ2) is 6.90. The van der Waals surface area contributed by atoms with E-state index in [-0.39, 0.29) is 11.9 Å². The molecule has 9 heteroatoms. The Hall–Kier alpha value is -2.23. The van der Waals surface area contributed by atoms with Crippen LogP contribution in [-0.4, -0.2) is 21.2 Å². The van der Waals surface area contributed by atoms with Gasteiger partial charge in [-0.2, -0.15) is 0 Å². The molecule has 1 aromatic heterocycles. The average molecular weight is 362 g/mol. The molecule has 0 spiro atoms. The predicted octanol–water partition coefficient (Wildman–Crippen LogP) is 3.28. The number of carbonyl (C=O) groups is 2. The van der Waals surface area contributed by atoms with Gasteiger partial charge >= 0.3 is 6.03 Å². The summed E-state index contributed by atoms with van der Waals surface area (Å²) in [5.74, 6) is -0.232. The van der Waals surface area contributed by atoms with E-state index in [2.05, 4.69) is 20.9 Å². The molecule has 23 heavy (non-hydrogen) atoms. The highest BCUT2D eigenvalue weighted by Gasteiger charge is 2.22. The van der Waals surface area contributed by atoms with E-state index in [1.54, 1.807) is 23.6 Å². The molecule has 3 rings (SSSR count). The number of benzene rings is 1. The quantitative estimate of drug-likeness (QED) is 0.576. The van der Waals surface area contributed by atoms with Crippen LogP contribution < -0.4 is 16.0 Å². The van der Waals surface area contributed by atoms with Gasteiger partial charge in [0.2, 0.25) is 0 Å². The van der Waals surface area contributed by atoms with Crippen LogP contribution in [0.2, 0.25) is 0 Å². The first kappa shape index (κ1) is 15.7. The number of para-hydroxylation sites is 1. The number of thiocarbonyl (C=S) groups is 1. The molecule has 1 aliphatic rings. The van der Waals surface area contributed by atoms with Crippen molar-refractivity contribution in [2.45, 2.75) is 0 Å². The number of nitrogens with zero attached hydrogens (tertiary/aromatic N) is 1. The summed E-state index contributed by atoms with van der Waals surface area (Å²) in [4.78, 5) is 28.2. The van der Waals surface area contributed by atoms with Gasteiger partial charge in [0, 0.05) is 11.1 Å². The Morgan fingerprint density at radius 2 is 2.04 bits per heavy atom. The molecule has 2 heterocycles. The molecule has 0 bridgehead atoms. The topological polar surface area (TPSA) is 83.1 Å². The number of carbonyl (C=O) groups excluding carboxylic acids is 2. The first-order valence-corrected chi connectivity index (χ1v) is 8.54. The van der Waals surface area contributed by atoms with E-state index in [9.17, 15) is 9.59 Å². The van der Waals surface area contributed by atoms with Crippen LogP contribution in [0.15, 0.2) is 40.6 Å². The number of thioether (sulfide) groups is 1. The van der Waals surface area contributed by atoms with E-state index >= 15 is 0 Å². The molecule has 1 saturated heterocycles. The fourth-order valence-electron chi connectivity index (χ4n) is 1.75. The van der Waals surface area contributed by atoms with E-state index < -0.39 is 0 Å². The van der Waals surface area contributed by atoms with Gasteiger partial charge < -0.3 is 10.6 Å². The van der Waals surface area contributed by atoms with Gasteiger partial charge in [0.1, 0.15) is 4.32 Å². The van der Waals surface area contributed by atoms with Crippen LogP contribution >= 0.6 is 35.3 Å². The lowest BCUT2D eigenvalue weighted by Crippen LogP contribution is -2.19. The predicted molar refractivity (Wildman–Crippen MR) is 97.5 cm³/mol. The van der Waals surface area contributed by atoms with Crippen molar-refractivity contribution in [2.24, 2.45) is 0 Å². The number of aromatic nitrogens is 1. The van der Waals surface area contributed by atoms with Crippen LogP contribution in [-0.2, 0) is 4.79 Å². The zero-order valence-electron chi connectivity index (χ0n) is 11.5. The molecule has 1 aliphatic heterocycles. The summed E-state index contributed by atoms with van der Waals surface area (Å²) < 4.78 is 0.428. The minimum absolute atomic E-state index is 0.232. The Kier molecular flexibility index (Phi) is 4.70. The third-order valence-electron chi connectivity index (χ3n) is 2.70. The Bertz CT molecular complexity index is 801. The molecule has 3 N–H and O–H groups in total. The maximum Gasteiger partial charge on any atom is 0.325 e. The lowest BCUT2D eigenvalue weighted by atomic mass is 10.3. The van der Waals surface area contributed by atoms with Crippen molar-refractivity contribution in [3.63, 3.8) is 0 Å². The van der Waals surface area contributed by atoms with Crippen LogP contribution in [0.25, 0.3) is 6.08 Å². The van der Waals surface area contributed by atoms with Crippen LogP contribution in [0.4, 0.5) is 15.6 Å². The number of amides is 3. The van der Waals surface area contributed by atoms with E-state index in [1.807, 2.05) is 18.2 Å². The van der Waals surface area contributed by atoms with Crippen molar-refractivity contribution in [3.8, 4) is 0 Å². The number of thiazole rings is 1. The molecule has 3 amide bonds. The third kappa shape index (κ3) is 4.15. The molecule has 0 aliphatic carbocycles. The largest absolute Gasteiger partial charge is 0.325 e. The number of rotatable bonds is 3. The zero-order chi connectivity index (χ0) is 16.2. The Balaban J connectivity index is 1.63. The Labute approximate surface area is 145 Å². The number of hydrogen-bond donors (Lipinski definition) is 3. The number of nitrogens with one attached hydrogen (secondary N) is 3. The van der Waals surface area contributed by atoms with Gasteiger partial charge in [-0.1, -0.05) is 42.2 Å². The normalized spacial score (nSPS) is 15.6. The third-order valence-corrected chi connectivity index (χ3v) is 4.63. The summed E-state index contributed by atoms with van der Waals surface area (Å²) in [5, 5.41) is 10.1. The van der Waals surface area contributed by atoms with Gasteiger partial charge in [-0.15, -0.1) is 11.3 Å². The highest BCUT2D eigenvalue weighted by Crippen LogP contribution is 2.27. The average Bonchev–Trinajstić information content (AvgIpc) is 3.07.